The van der Waals surface area contributed by atoms with Crippen LogP contribution in [0, 0.1) is 12.8 Å². The highest BCUT2D eigenvalue weighted by molar-refractivity contribution is 5.72. The summed E-state index contributed by atoms with van der Waals surface area (Å²) in [6, 6.07) is 8.17. The van der Waals surface area contributed by atoms with Crippen molar-refractivity contribution in [1.82, 2.24) is 0 Å². The molecule has 0 saturated carbocycles. The van der Waals surface area contributed by atoms with Gasteiger partial charge in [-0.1, -0.05) is 50.6 Å². The second-order valence-corrected chi connectivity index (χ2v) is 4.55. The van der Waals surface area contributed by atoms with Crippen molar-refractivity contribution in [2.24, 2.45) is 5.92 Å². The Hall–Kier alpha value is -1.31. The van der Waals surface area contributed by atoms with Gasteiger partial charge in [0.15, 0.2) is 0 Å². The lowest BCUT2D eigenvalue weighted by Gasteiger charge is -2.19. The minimum absolute atomic E-state index is 0.0190. The number of carbonyl (C=O) groups excluding carboxylic acids is 1. The molecule has 0 radical (unpaired) electrons. The highest BCUT2D eigenvalue weighted by Crippen LogP contribution is 2.23. The van der Waals surface area contributed by atoms with Crippen LogP contribution in [-0.2, 0) is 9.53 Å². The number of ether oxygens (including phenoxy) is 1. The summed E-state index contributed by atoms with van der Waals surface area (Å²) in [5.41, 5.74) is 2.30. The highest BCUT2D eigenvalue weighted by atomic mass is 16.5. The predicted molar refractivity (Wildman–Crippen MR) is 69.8 cm³/mol. The van der Waals surface area contributed by atoms with Gasteiger partial charge in [-0.05, 0) is 25.3 Å². The summed E-state index contributed by atoms with van der Waals surface area (Å²) in [7, 11) is 0. The maximum absolute atomic E-state index is 11.8. The fourth-order valence-corrected chi connectivity index (χ4v) is 1.59. The summed E-state index contributed by atoms with van der Waals surface area (Å²) in [4.78, 5) is 11.8. The normalized spacial score (nSPS) is 14.1. The van der Waals surface area contributed by atoms with E-state index in [1.54, 1.807) is 0 Å². The Morgan fingerprint density at radius 1 is 1.18 bits per heavy atom. The first-order valence-electron chi connectivity index (χ1n) is 6.35. The molecule has 0 bridgehead atoms. The second kappa shape index (κ2) is 6.43. The molecule has 0 saturated heterocycles. The third kappa shape index (κ3) is 3.88. The SMILES string of the molecule is CCC(C)C(=O)OC(CC)c1ccc(C)cc1. The van der Waals surface area contributed by atoms with Crippen LogP contribution in [0.2, 0.25) is 0 Å². The summed E-state index contributed by atoms with van der Waals surface area (Å²) in [6.07, 6.45) is 1.52. The average molecular weight is 234 g/mol. The van der Waals surface area contributed by atoms with Gasteiger partial charge in [-0.15, -0.1) is 0 Å². The van der Waals surface area contributed by atoms with Crippen LogP contribution in [0.1, 0.15) is 50.8 Å². The molecule has 2 heteroatoms. The quantitative estimate of drug-likeness (QED) is 0.719. The lowest BCUT2D eigenvalue weighted by Crippen LogP contribution is -2.17. The fourth-order valence-electron chi connectivity index (χ4n) is 1.59. The Morgan fingerprint density at radius 3 is 2.24 bits per heavy atom. The summed E-state index contributed by atoms with van der Waals surface area (Å²) in [6.45, 7) is 7.99. The van der Waals surface area contributed by atoms with Gasteiger partial charge in [-0.25, -0.2) is 0 Å². The molecular weight excluding hydrogens is 212 g/mol. The van der Waals surface area contributed by atoms with Gasteiger partial charge in [0.2, 0.25) is 0 Å². The van der Waals surface area contributed by atoms with Gasteiger partial charge in [0, 0.05) is 0 Å². The van der Waals surface area contributed by atoms with E-state index in [1.807, 2.05) is 32.9 Å². The van der Waals surface area contributed by atoms with Crippen molar-refractivity contribution < 1.29 is 9.53 Å². The maximum Gasteiger partial charge on any atom is 0.309 e. The number of aryl methyl sites for hydroxylation is 1. The van der Waals surface area contributed by atoms with E-state index in [0.717, 1.165) is 18.4 Å². The van der Waals surface area contributed by atoms with Crippen LogP contribution in [0.25, 0.3) is 0 Å². The van der Waals surface area contributed by atoms with Crippen LogP contribution in [0.5, 0.6) is 0 Å². The predicted octanol–water partition coefficient (Wildman–Crippen LogP) is 4.04. The minimum Gasteiger partial charge on any atom is -0.457 e. The van der Waals surface area contributed by atoms with E-state index in [0.29, 0.717) is 0 Å². The van der Waals surface area contributed by atoms with Crippen molar-refractivity contribution in [3.63, 3.8) is 0 Å². The zero-order valence-corrected chi connectivity index (χ0v) is 11.2. The Labute approximate surface area is 104 Å². The summed E-state index contributed by atoms with van der Waals surface area (Å²) in [5, 5.41) is 0. The van der Waals surface area contributed by atoms with Gasteiger partial charge in [0.1, 0.15) is 6.10 Å². The van der Waals surface area contributed by atoms with Crippen molar-refractivity contribution in [2.45, 2.75) is 46.6 Å². The molecule has 0 aliphatic carbocycles. The Morgan fingerprint density at radius 2 is 1.76 bits per heavy atom. The molecule has 0 spiro atoms. The van der Waals surface area contributed by atoms with Crippen molar-refractivity contribution in [3.8, 4) is 0 Å². The zero-order valence-electron chi connectivity index (χ0n) is 11.2. The molecule has 17 heavy (non-hydrogen) atoms. The molecule has 1 rings (SSSR count). The van der Waals surface area contributed by atoms with E-state index >= 15 is 0 Å². The maximum atomic E-state index is 11.8. The molecule has 0 N–H and O–H groups in total. The van der Waals surface area contributed by atoms with Gasteiger partial charge in [-0.3, -0.25) is 4.79 Å². The molecule has 0 heterocycles. The van der Waals surface area contributed by atoms with Crippen LogP contribution in [0.4, 0.5) is 0 Å². The molecule has 2 unspecified atom stereocenters. The number of rotatable bonds is 5. The van der Waals surface area contributed by atoms with E-state index in [1.165, 1.54) is 5.56 Å². The minimum atomic E-state index is -0.114. The van der Waals surface area contributed by atoms with Gasteiger partial charge in [0.05, 0.1) is 5.92 Å². The number of esters is 1. The van der Waals surface area contributed by atoms with Crippen molar-refractivity contribution >= 4 is 5.97 Å². The lowest BCUT2D eigenvalue weighted by atomic mass is 10.0. The van der Waals surface area contributed by atoms with Crippen molar-refractivity contribution in [3.05, 3.63) is 35.4 Å². The second-order valence-electron chi connectivity index (χ2n) is 4.55. The smallest absolute Gasteiger partial charge is 0.309 e. The number of carbonyl (C=O) groups is 1. The van der Waals surface area contributed by atoms with Crippen molar-refractivity contribution in [2.75, 3.05) is 0 Å². The Kier molecular flexibility index (Phi) is 5.20. The molecule has 1 aromatic carbocycles. The first kappa shape index (κ1) is 13.8. The Bertz CT molecular complexity index is 354. The number of benzene rings is 1. The molecule has 2 atom stereocenters. The first-order chi connectivity index (χ1) is 8.08. The van der Waals surface area contributed by atoms with Gasteiger partial charge in [-0.2, -0.15) is 0 Å². The fraction of sp³-hybridized carbons (Fsp3) is 0.533. The van der Waals surface area contributed by atoms with Crippen LogP contribution < -0.4 is 0 Å². The summed E-state index contributed by atoms with van der Waals surface area (Å²) >= 11 is 0. The first-order valence-corrected chi connectivity index (χ1v) is 6.35. The largest absolute Gasteiger partial charge is 0.457 e. The van der Waals surface area contributed by atoms with Gasteiger partial charge >= 0.3 is 5.97 Å². The van der Waals surface area contributed by atoms with Crippen molar-refractivity contribution in [1.29, 1.82) is 0 Å². The van der Waals surface area contributed by atoms with Gasteiger partial charge < -0.3 is 4.74 Å². The number of hydrogen-bond donors (Lipinski definition) is 0. The third-order valence-corrected chi connectivity index (χ3v) is 3.09. The molecule has 0 fully saturated rings. The zero-order chi connectivity index (χ0) is 12.8. The van der Waals surface area contributed by atoms with Crippen LogP contribution in [-0.4, -0.2) is 5.97 Å². The Balaban J connectivity index is 2.72. The topological polar surface area (TPSA) is 26.3 Å². The molecule has 94 valence electrons. The van der Waals surface area contributed by atoms with Crippen LogP contribution >= 0.6 is 0 Å². The monoisotopic (exact) mass is 234 g/mol. The van der Waals surface area contributed by atoms with E-state index < -0.39 is 0 Å². The van der Waals surface area contributed by atoms with Gasteiger partial charge in [0.25, 0.3) is 0 Å². The van der Waals surface area contributed by atoms with Crippen LogP contribution in [0.3, 0.4) is 0 Å². The van der Waals surface area contributed by atoms with E-state index in [-0.39, 0.29) is 18.0 Å². The number of hydrogen-bond acceptors (Lipinski definition) is 2. The summed E-state index contributed by atoms with van der Waals surface area (Å²) in [5.74, 6) is -0.116. The molecular formula is C15H22O2. The highest BCUT2D eigenvalue weighted by Gasteiger charge is 2.18. The molecule has 0 aliphatic rings. The average Bonchev–Trinajstić information content (AvgIpc) is 2.35. The summed E-state index contributed by atoms with van der Waals surface area (Å²) < 4.78 is 5.54. The lowest BCUT2D eigenvalue weighted by molar-refractivity contribution is -0.154. The van der Waals surface area contributed by atoms with E-state index in [2.05, 4.69) is 19.1 Å². The van der Waals surface area contributed by atoms with Crippen LogP contribution in [0.15, 0.2) is 24.3 Å². The molecule has 0 aliphatic heterocycles. The molecule has 0 aromatic heterocycles. The molecule has 0 amide bonds. The van der Waals surface area contributed by atoms with E-state index in [4.69, 9.17) is 4.74 Å². The molecule has 1 aromatic rings. The standard InChI is InChI=1S/C15H22O2/c1-5-12(4)15(16)17-14(6-2)13-9-7-11(3)8-10-13/h7-10,12,14H,5-6H2,1-4H3. The molecule has 2 nitrogen and oxygen atoms in total. The van der Waals surface area contributed by atoms with E-state index in [9.17, 15) is 4.79 Å². The third-order valence-electron chi connectivity index (χ3n) is 3.09.